The first kappa shape index (κ1) is 14.3. The molecule has 2 atom stereocenters. The van der Waals surface area contributed by atoms with Crippen molar-refractivity contribution in [3.63, 3.8) is 0 Å². The van der Waals surface area contributed by atoms with Crippen molar-refractivity contribution >= 4 is 5.91 Å². The van der Waals surface area contributed by atoms with Gasteiger partial charge in [-0.2, -0.15) is 0 Å². The molecule has 20 heavy (non-hydrogen) atoms. The Morgan fingerprint density at radius 1 is 1.25 bits per heavy atom. The zero-order valence-electron chi connectivity index (χ0n) is 12.5. The summed E-state index contributed by atoms with van der Waals surface area (Å²) in [5, 5.41) is 6.61. The van der Waals surface area contributed by atoms with Crippen LogP contribution in [0.25, 0.3) is 0 Å². The second-order valence-electron chi connectivity index (χ2n) is 6.42. The summed E-state index contributed by atoms with van der Waals surface area (Å²) < 4.78 is 5.62. The fraction of sp³-hybridized carbons (Fsp3) is 0.933. The number of carbonyl (C=O) groups is 1. The van der Waals surface area contributed by atoms with Crippen LogP contribution in [-0.2, 0) is 9.53 Å². The molecular weight excluding hydrogens is 254 g/mol. The number of piperidine rings is 2. The summed E-state index contributed by atoms with van der Waals surface area (Å²) in [5.41, 5.74) is -0.604. The zero-order valence-corrected chi connectivity index (χ0v) is 12.5. The highest BCUT2D eigenvalue weighted by Crippen LogP contribution is 2.29. The van der Waals surface area contributed by atoms with Gasteiger partial charge in [-0.15, -0.1) is 0 Å². The van der Waals surface area contributed by atoms with E-state index >= 15 is 0 Å². The van der Waals surface area contributed by atoms with Gasteiger partial charge in [0.2, 0.25) is 0 Å². The van der Waals surface area contributed by atoms with E-state index in [0.29, 0.717) is 12.1 Å². The van der Waals surface area contributed by atoms with Gasteiger partial charge in [-0.1, -0.05) is 6.42 Å². The molecule has 0 aromatic rings. The average Bonchev–Trinajstić information content (AvgIpc) is 2.91. The number of carbonyl (C=O) groups excluding carboxylic acids is 1. The number of nitrogens with zero attached hydrogens (tertiary/aromatic N) is 1. The van der Waals surface area contributed by atoms with Crippen LogP contribution in [0.1, 0.15) is 38.5 Å². The van der Waals surface area contributed by atoms with E-state index in [9.17, 15) is 4.79 Å². The van der Waals surface area contributed by atoms with Crippen LogP contribution in [0.5, 0.6) is 0 Å². The van der Waals surface area contributed by atoms with Crippen molar-refractivity contribution in [2.75, 3.05) is 33.3 Å². The highest BCUT2D eigenvalue weighted by molar-refractivity contribution is 5.85. The number of ether oxygens (including phenoxy) is 1. The van der Waals surface area contributed by atoms with Gasteiger partial charge in [0.15, 0.2) is 0 Å². The molecular formula is C15H27N3O2. The van der Waals surface area contributed by atoms with Crippen molar-refractivity contribution < 1.29 is 9.53 Å². The summed E-state index contributed by atoms with van der Waals surface area (Å²) in [4.78, 5) is 15.3. The molecule has 0 bridgehead atoms. The lowest BCUT2D eigenvalue weighted by Gasteiger charge is -2.37. The predicted octanol–water partition coefficient (Wildman–Crippen LogP) is 0.498. The third-order valence-corrected chi connectivity index (χ3v) is 5.39. The van der Waals surface area contributed by atoms with Gasteiger partial charge in [0.1, 0.15) is 5.60 Å². The van der Waals surface area contributed by atoms with Gasteiger partial charge in [-0.05, 0) is 51.7 Å². The largest absolute Gasteiger partial charge is 0.368 e. The second kappa shape index (κ2) is 6.00. The summed E-state index contributed by atoms with van der Waals surface area (Å²) in [6.45, 7) is 4.07. The molecule has 0 aromatic heterocycles. The molecule has 0 saturated carbocycles. The topological polar surface area (TPSA) is 53.6 Å². The Bertz CT molecular complexity index is 355. The summed E-state index contributed by atoms with van der Waals surface area (Å²) in [7, 11) is 1.67. The monoisotopic (exact) mass is 281 g/mol. The van der Waals surface area contributed by atoms with E-state index in [-0.39, 0.29) is 5.91 Å². The van der Waals surface area contributed by atoms with E-state index < -0.39 is 5.60 Å². The summed E-state index contributed by atoms with van der Waals surface area (Å²) in [6, 6.07) is 0.882. The Hall–Kier alpha value is -0.650. The van der Waals surface area contributed by atoms with E-state index in [2.05, 4.69) is 15.5 Å². The van der Waals surface area contributed by atoms with Crippen LogP contribution in [0.2, 0.25) is 0 Å². The maximum absolute atomic E-state index is 12.7. The first-order chi connectivity index (χ1) is 9.75. The maximum atomic E-state index is 12.7. The van der Waals surface area contributed by atoms with Crippen LogP contribution in [-0.4, -0.2) is 61.8 Å². The fourth-order valence-electron chi connectivity index (χ4n) is 4.07. The molecule has 5 nitrogen and oxygen atoms in total. The number of fused-ring (bicyclic) bond motifs is 1. The molecule has 0 aromatic carbocycles. The molecule has 3 rings (SSSR count). The quantitative estimate of drug-likeness (QED) is 0.791. The molecule has 114 valence electrons. The van der Waals surface area contributed by atoms with E-state index in [0.717, 1.165) is 38.9 Å². The lowest BCUT2D eigenvalue weighted by atomic mass is 9.90. The second-order valence-corrected chi connectivity index (χ2v) is 6.42. The third-order valence-electron chi connectivity index (χ3n) is 5.39. The van der Waals surface area contributed by atoms with Crippen molar-refractivity contribution in [3.8, 4) is 0 Å². The zero-order chi connectivity index (χ0) is 14.0. The molecule has 3 heterocycles. The van der Waals surface area contributed by atoms with Crippen LogP contribution < -0.4 is 10.6 Å². The molecule has 2 unspecified atom stereocenters. The highest BCUT2D eigenvalue weighted by Gasteiger charge is 2.43. The number of nitrogens with one attached hydrogen (secondary N) is 2. The number of hydrogen-bond donors (Lipinski definition) is 2. The van der Waals surface area contributed by atoms with E-state index in [1.807, 2.05) is 0 Å². The smallest absolute Gasteiger partial charge is 0.252 e. The molecule has 0 aliphatic carbocycles. The van der Waals surface area contributed by atoms with Crippen LogP contribution in [0.4, 0.5) is 0 Å². The van der Waals surface area contributed by atoms with Crippen LogP contribution in [0.3, 0.4) is 0 Å². The van der Waals surface area contributed by atoms with Crippen molar-refractivity contribution in [2.24, 2.45) is 0 Å². The minimum atomic E-state index is -0.604. The van der Waals surface area contributed by atoms with E-state index in [1.54, 1.807) is 7.11 Å². The lowest BCUT2D eigenvalue weighted by molar-refractivity contribution is -0.147. The van der Waals surface area contributed by atoms with Gasteiger partial charge < -0.3 is 15.4 Å². The molecule has 3 fully saturated rings. The van der Waals surface area contributed by atoms with Gasteiger partial charge in [0.05, 0.1) is 0 Å². The molecule has 3 aliphatic rings. The normalized spacial score (nSPS) is 33.6. The summed E-state index contributed by atoms with van der Waals surface area (Å²) in [5.74, 6) is 0.110. The van der Waals surface area contributed by atoms with Crippen LogP contribution >= 0.6 is 0 Å². The molecule has 3 aliphatic heterocycles. The van der Waals surface area contributed by atoms with Gasteiger partial charge in [-0.3, -0.25) is 9.69 Å². The SMILES string of the molecule is COC1(C(=O)NC2CCN3CCCCC23)CCNCC1. The van der Waals surface area contributed by atoms with Crippen molar-refractivity contribution in [3.05, 3.63) is 0 Å². The molecule has 5 heteroatoms. The number of hydrogen-bond acceptors (Lipinski definition) is 4. The van der Waals surface area contributed by atoms with Crippen molar-refractivity contribution in [1.82, 2.24) is 15.5 Å². The Morgan fingerprint density at radius 2 is 2.05 bits per heavy atom. The minimum Gasteiger partial charge on any atom is -0.368 e. The molecule has 0 spiro atoms. The van der Waals surface area contributed by atoms with Crippen molar-refractivity contribution in [1.29, 1.82) is 0 Å². The molecule has 1 amide bonds. The van der Waals surface area contributed by atoms with E-state index in [1.165, 1.54) is 25.8 Å². The Kier molecular flexibility index (Phi) is 4.29. The Labute approximate surface area is 121 Å². The maximum Gasteiger partial charge on any atom is 0.252 e. The van der Waals surface area contributed by atoms with Gasteiger partial charge in [0.25, 0.3) is 5.91 Å². The minimum absolute atomic E-state index is 0.110. The third kappa shape index (κ3) is 2.59. The molecule has 3 saturated heterocycles. The Morgan fingerprint density at radius 3 is 2.80 bits per heavy atom. The highest BCUT2D eigenvalue weighted by atomic mass is 16.5. The first-order valence-corrected chi connectivity index (χ1v) is 8.06. The predicted molar refractivity (Wildman–Crippen MR) is 77.6 cm³/mol. The summed E-state index contributed by atoms with van der Waals surface area (Å²) in [6.07, 6.45) is 6.48. The number of methoxy groups -OCH3 is 1. The van der Waals surface area contributed by atoms with Gasteiger partial charge >= 0.3 is 0 Å². The molecule has 0 radical (unpaired) electrons. The Balaban J connectivity index is 1.63. The number of rotatable bonds is 3. The summed E-state index contributed by atoms with van der Waals surface area (Å²) >= 11 is 0. The van der Waals surface area contributed by atoms with E-state index in [4.69, 9.17) is 4.74 Å². The fourth-order valence-corrected chi connectivity index (χ4v) is 4.07. The molecule has 2 N–H and O–H groups in total. The van der Waals surface area contributed by atoms with Crippen molar-refractivity contribution in [2.45, 2.75) is 56.2 Å². The lowest BCUT2D eigenvalue weighted by Crippen LogP contribution is -2.58. The standard InChI is InChI=1S/C15H27N3O2/c1-20-15(6-8-16-9-7-15)14(19)17-12-5-11-18-10-3-2-4-13(12)18/h12-13,16H,2-11H2,1H3,(H,17,19). The van der Waals surface area contributed by atoms with Crippen LogP contribution in [0, 0.1) is 0 Å². The number of amides is 1. The van der Waals surface area contributed by atoms with Gasteiger partial charge in [0, 0.05) is 25.7 Å². The first-order valence-electron chi connectivity index (χ1n) is 8.06. The van der Waals surface area contributed by atoms with Crippen LogP contribution in [0.15, 0.2) is 0 Å². The average molecular weight is 281 g/mol. The van der Waals surface area contributed by atoms with Gasteiger partial charge in [-0.25, -0.2) is 0 Å².